The molecule has 168 valence electrons. The van der Waals surface area contributed by atoms with Crippen LogP contribution in [-0.4, -0.2) is 26.1 Å². The average molecular weight is 451 g/mol. The van der Waals surface area contributed by atoms with Crippen molar-refractivity contribution in [2.24, 2.45) is 0 Å². The Morgan fingerprint density at radius 2 is 1.97 bits per heavy atom. The van der Waals surface area contributed by atoms with Gasteiger partial charge in [0.25, 0.3) is 0 Å². The van der Waals surface area contributed by atoms with Crippen LogP contribution < -0.4 is 0 Å². The summed E-state index contributed by atoms with van der Waals surface area (Å²) in [5, 5.41) is 24.0. The van der Waals surface area contributed by atoms with Gasteiger partial charge < -0.3 is 10.2 Å². The number of aliphatic hydroxyl groups excluding tert-OH is 1. The van der Waals surface area contributed by atoms with Gasteiger partial charge in [-0.25, -0.2) is 8.78 Å². The molecule has 0 saturated heterocycles. The highest BCUT2D eigenvalue weighted by molar-refractivity contribution is 6.31. The van der Waals surface area contributed by atoms with E-state index >= 15 is 0 Å². The molecular formula is C24H29ClF2N2O2. The molecule has 0 radical (unpaired) electrons. The van der Waals surface area contributed by atoms with Gasteiger partial charge in [0.15, 0.2) is 0 Å². The topological polar surface area (TPSA) is 58.3 Å². The predicted octanol–water partition coefficient (Wildman–Crippen LogP) is 6.50. The lowest BCUT2D eigenvalue weighted by Crippen LogP contribution is -2.16. The largest absolute Gasteiger partial charge is 0.508 e. The maximum Gasteiger partial charge on any atom is 0.142 e. The number of aromatic nitrogens is 2. The fourth-order valence-electron chi connectivity index (χ4n) is 3.77. The van der Waals surface area contributed by atoms with E-state index in [1.807, 2.05) is 19.9 Å². The van der Waals surface area contributed by atoms with Crippen LogP contribution in [-0.2, 0) is 6.54 Å². The van der Waals surface area contributed by atoms with Crippen molar-refractivity contribution in [3.63, 3.8) is 0 Å². The lowest BCUT2D eigenvalue weighted by molar-refractivity contribution is 0.164. The lowest BCUT2D eigenvalue weighted by atomic mass is 9.86. The number of nitrogens with zero attached hydrogens (tertiary/aromatic N) is 2. The van der Waals surface area contributed by atoms with Gasteiger partial charge in [-0.3, -0.25) is 4.68 Å². The fraction of sp³-hybridized carbons (Fsp3) is 0.375. The van der Waals surface area contributed by atoms with Gasteiger partial charge in [0.05, 0.1) is 29.6 Å². The zero-order chi connectivity index (χ0) is 23.5. The summed E-state index contributed by atoms with van der Waals surface area (Å²) in [7, 11) is 0. The van der Waals surface area contributed by atoms with E-state index in [1.165, 1.54) is 17.7 Å². The number of phenolic OH excluding ortho intramolecular Hbond substituents is 1. The van der Waals surface area contributed by atoms with E-state index in [1.54, 1.807) is 26.1 Å². The van der Waals surface area contributed by atoms with Gasteiger partial charge in [0.1, 0.15) is 17.7 Å². The number of rotatable bonds is 8. The molecule has 7 heteroatoms. The highest BCUT2D eigenvalue weighted by Crippen LogP contribution is 2.40. The molecule has 31 heavy (non-hydrogen) atoms. The number of phenols is 1. The number of aromatic hydroxyl groups is 1. The van der Waals surface area contributed by atoms with Crippen LogP contribution in [0.3, 0.4) is 0 Å². The van der Waals surface area contributed by atoms with Crippen molar-refractivity contribution < 1.29 is 19.0 Å². The molecule has 1 heterocycles. The van der Waals surface area contributed by atoms with Crippen LogP contribution in [0.25, 0.3) is 5.57 Å². The van der Waals surface area contributed by atoms with E-state index in [9.17, 15) is 19.0 Å². The molecule has 0 fully saturated rings. The van der Waals surface area contributed by atoms with Crippen molar-refractivity contribution in [3.05, 3.63) is 75.9 Å². The molecule has 0 bridgehead atoms. The third kappa shape index (κ3) is 5.43. The molecular weight excluding hydrogens is 422 g/mol. The average Bonchev–Trinajstić information content (AvgIpc) is 3.09. The van der Waals surface area contributed by atoms with Crippen molar-refractivity contribution in [2.75, 3.05) is 0 Å². The van der Waals surface area contributed by atoms with Crippen LogP contribution in [0.5, 0.6) is 5.75 Å². The third-order valence-electron chi connectivity index (χ3n) is 5.20. The highest BCUT2D eigenvalue weighted by atomic mass is 35.5. The molecule has 1 unspecified atom stereocenters. The Balaban J connectivity index is 2.43. The first-order valence-corrected chi connectivity index (χ1v) is 10.5. The smallest absolute Gasteiger partial charge is 0.142 e. The second kappa shape index (κ2) is 10.2. The molecule has 1 aromatic heterocycles. The Morgan fingerprint density at radius 1 is 1.32 bits per heavy atom. The zero-order valence-corrected chi connectivity index (χ0v) is 19.2. The number of benzene rings is 1. The van der Waals surface area contributed by atoms with E-state index in [2.05, 4.69) is 11.7 Å². The molecule has 0 amide bonds. The number of allylic oxidation sites excluding steroid dienone is 5. The van der Waals surface area contributed by atoms with Crippen molar-refractivity contribution in [1.29, 1.82) is 0 Å². The SMILES string of the molecule is C=C(/C=C(\C)c1cnn(C[C@H](C)O)c1C(C)F)/C(=C\C)[C@H](C)c1c(O)ccc(F)c1Cl. The summed E-state index contributed by atoms with van der Waals surface area (Å²) < 4.78 is 29.8. The molecule has 2 N–H and O–H groups in total. The second-order valence-corrected chi connectivity index (χ2v) is 8.08. The van der Waals surface area contributed by atoms with Gasteiger partial charge >= 0.3 is 0 Å². The summed E-state index contributed by atoms with van der Waals surface area (Å²) in [6.45, 7) is 12.8. The van der Waals surface area contributed by atoms with Gasteiger partial charge in [-0.05, 0) is 56.5 Å². The van der Waals surface area contributed by atoms with E-state index in [-0.39, 0.29) is 22.9 Å². The molecule has 2 rings (SSSR count). The molecule has 3 atom stereocenters. The summed E-state index contributed by atoms with van der Waals surface area (Å²) in [5.74, 6) is -1.14. The maximum atomic E-state index is 14.4. The molecule has 2 aromatic rings. The number of alkyl halides is 1. The van der Waals surface area contributed by atoms with Crippen LogP contribution >= 0.6 is 11.6 Å². The van der Waals surface area contributed by atoms with Crippen molar-refractivity contribution in [1.82, 2.24) is 9.78 Å². The van der Waals surface area contributed by atoms with Gasteiger partial charge in [-0.2, -0.15) is 5.10 Å². The number of hydrogen-bond donors (Lipinski definition) is 2. The monoisotopic (exact) mass is 450 g/mol. The highest BCUT2D eigenvalue weighted by Gasteiger charge is 2.23. The summed E-state index contributed by atoms with van der Waals surface area (Å²) in [6.07, 6.45) is 3.25. The van der Waals surface area contributed by atoms with Crippen LogP contribution in [0.1, 0.15) is 63.5 Å². The van der Waals surface area contributed by atoms with Crippen molar-refractivity contribution >= 4 is 17.2 Å². The van der Waals surface area contributed by atoms with Crippen LogP contribution in [0.2, 0.25) is 5.02 Å². The summed E-state index contributed by atoms with van der Waals surface area (Å²) >= 11 is 6.12. The van der Waals surface area contributed by atoms with E-state index in [4.69, 9.17) is 11.6 Å². The van der Waals surface area contributed by atoms with Crippen molar-refractivity contribution in [2.45, 2.75) is 59.4 Å². The molecule has 1 aromatic carbocycles. The quantitative estimate of drug-likeness (QED) is 0.451. The van der Waals surface area contributed by atoms with Crippen LogP contribution in [0, 0.1) is 5.82 Å². The minimum absolute atomic E-state index is 0.0975. The van der Waals surface area contributed by atoms with E-state index in [0.717, 1.165) is 17.2 Å². The Bertz CT molecular complexity index is 1020. The third-order valence-corrected chi connectivity index (χ3v) is 5.58. The minimum Gasteiger partial charge on any atom is -0.508 e. The van der Waals surface area contributed by atoms with Crippen LogP contribution in [0.15, 0.2) is 48.2 Å². The van der Waals surface area contributed by atoms with Crippen LogP contribution in [0.4, 0.5) is 8.78 Å². The summed E-state index contributed by atoms with van der Waals surface area (Å²) in [4.78, 5) is 0. The number of halogens is 3. The fourth-order valence-corrected chi connectivity index (χ4v) is 4.10. The van der Waals surface area contributed by atoms with E-state index in [0.29, 0.717) is 16.8 Å². The predicted molar refractivity (Wildman–Crippen MR) is 121 cm³/mol. The summed E-state index contributed by atoms with van der Waals surface area (Å²) in [6, 6.07) is 2.39. The first-order valence-electron chi connectivity index (χ1n) is 10.1. The van der Waals surface area contributed by atoms with Gasteiger partial charge in [-0.15, -0.1) is 0 Å². The lowest BCUT2D eigenvalue weighted by Gasteiger charge is -2.20. The molecule has 0 aliphatic rings. The van der Waals surface area contributed by atoms with Crippen molar-refractivity contribution in [3.8, 4) is 5.75 Å². The van der Waals surface area contributed by atoms with Gasteiger partial charge in [0, 0.05) is 17.0 Å². The molecule has 4 nitrogen and oxygen atoms in total. The molecule has 0 saturated carbocycles. The maximum absolute atomic E-state index is 14.4. The minimum atomic E-state index is -1.28. The normalized spacial score (nSPS) is 15.6. The first-order chi connectivity index (χ1) is 14.5. The number of aliphatic hydroxyl groups is 1. The first kappa shape index (κ1) is 24.8. The molecule has 0 spiro atoms. The Morgan fingerprint density at radius 3 is 2.52 bits per heavy atom. The molecule has 0 aliphatic heterocycles. The Labute approximate surface area is 187 Å². The summed E-state index contributed by atoms with van der Waals surface area (Å²) in [5.41, 5.74) is 3.38. The Hall–Kier alpha value is -2.44. The Kier molecular flexibility index (Phi) is 8.21. The zero-order valence-electron chi connectivity index (χ0n) is 18.5. The standard InChI is InChI=1S/C24H29ClF2N2O2/c1-7-18(16(5)22-21(31)9-8-20(27)23(22)25)13(2)10-14(3)19-11-28-29(12-15(4)30)24(19)17(6)26/h7-11,15-17,30-31H,2,12H2,1,3-6H3/b14-10+,18-7+/t15-,16-,17?/m0/s1. The van der Waals surface area contributed by atoms with E-state index < -0.39 is 24.0 Å². The van der Waals surface area contributed by atoms with Gasteiger partial charge in [0.2, 0.25) is 0 Å². The molecule has 0 aliphatic carbocycles. The van der Waals surface area contributed by atoms with Gasteiger partial charge in [-0.1, -0.05) is 37.3 Å². The number of hydrogen-bond acceptors (Lipinski definition) is 3. The second-order valence-electron chi connectivity index (χ2n) is 7.70.